The minimum atomic E-state index is -4.44. The third-order valence-corrected chi connectivity index (χ3v) is 3.70. The Kier molecular flexibility index (Phi) is 5.71. The SMILES string of the molecule is NCC#Cc1cccc(S(=O)(=O)NCC(F)(F)C(F)F)c1. The third kappa shape index (κ3) is 5.00. The fourth-order valence-corrected chi connectivity index (χ4v) is 2.33. The second-order valence-electron chi connectivity index (χ2n) is 3.92. The summed E-state index contributed by atoms with van der Waals surface area (Å²) in [6.07, 6.45) is -3.96. The van der Waals surface area contributed by atoms with Crippen molar-refractivity contribution in [3.63, 3.8) is 0 Å². The number of hydrogen-bond acceptors (Lipinski definition) is 3. The van der Waals surface area contributed by atoms with Crippen LogP contribution in [0.3, 0.4) is 0 Å². The predicted molar refractivity (Wildman–Crippen MR) is 68.5 cm³/mol. The first kappa shape index (κ1) is 17.4. The van der Waals surface area contributed by atoms with Gasteiger partial charge in [0.2, 0.25) is 10.0 Å². The highest BCUT2D eigenvalue weighted by molar-refractivity contribution is 7.89. The van der Waals surface area contributed by atoms with Crippen LogP contribution in [0.15, 0.2) is 29.2 Å². The Morgan fingerprint density at radius 2 is 2.00 bits per heavy atom. The summed E-state index contributed by atoms with van der Waals surface area (Å²) in [4.78, 5) is -0.351. The van der Waals surface area contributed by atoms with Crippen molar-refractivity contribution in [2.75, 3.05) is 13.1 Å². The zero-order chi connectivity index (χ0) is 16.1. The van der Waals surface area contributed by atoms with Crippen molar-refractivity contribution in [3.8, 4) is 11.8 Å². The summed E-state index contributed by atoms with van der Waals surface area (Å²) >= 11 is 0. The molecule has 0 heterocycles. The minimum absolute atomic E-state index is 0.0653. The van der Waals surface area contributed by atoms with Gasteiger partial charge in [0.15, 0.2) is 0 Å². The van der Waals surface area contributed by atoms with Gasteiger partial charge in [-0.3, -0.25) is 0 Å². The Balaban J connectivity index is 2.93. The topological polar surface area (TPSA) is 72.2 Å². The summed E-state index contributed by atoms with van der Waals surface area (Å²) in [5.41, 5.74) is 5.47. The Bertz CT molecular complexity index is 651. The zero-order valence-electron chi connectivity index (χ0n) is 10.6. The van der Waals surface area contributed by atoms with Gasteiger partial charge in [-0.25, -0.2) is 21.9 Å². The van der Waals surface area contributed by atoms with Crippen LogP contribution in [0.25, 0.3) is 0 Å². The number of benzene rings is 1. The van der Waals surface area contributed by atoms with Crippen LogP contribution in [0.5, 0.6) is 0 Å². The Morgan fingerprint density at radius 1 is 1.33 bits per heavy atom. The van der Waals surface area contributed by atoms with E-state index in [0.29, 0.717) is 5.56 Å². The molecule has 0 unspecified atom stereocenters. The third-order valence-electron chi connectivity index (χ3n) is 2.30. The van der Waals surface area contributed by atoms with Gasteiger partial charge in [-0.15, -0.1) is 0 Å². The molecule has 1 aromatic rings. The molecular formula is C12H12F4N2O2S. The van der Waals surface area contributed by atoms with Gasteiger partial charge >= 0.3 is 12.3 Å². The largest absolute Gasteiger partial charge is 0.320 e. The first-order valence-corrected chi connectivity index (χ1v) is 7.12. The minimum Gasteiger partial charge on any atom is -0.320 e. The van der Waals surface area contributed by atoms with Crippen molar-refractivity contribution < 1.29 is 26.0 Å². The number of rotatable bonds is 5. The van der Waals surface area contributed by atoms with Crippen molar-refractivity contribution in [1.82, 2.24) is 4.72 Å². The molecule has 0 bridgehead atoms. The van der Waals surface area contributed by atoms with Crippen LogP contribution in [-0.2, 0) is 10.0 Å². The summed E-state index contributed by atoms with van der Waals surface area (Å²) in [5, 5.41) is 0. The van der Waals surface area contributed by atoms with E-state index in [1.807, 2.05) is 0 Å². The molecule has 0 spiro atoms. The maximum absolute atomic E-state index is 12.7. The monoisotopic (exact) mass is 324 g/mol. The number of sulfonamides is 1. The molecule has 21 heavy (non-hydrogen) atoms. The second kappa shape index (κ2) is 6.89. The quantitative estimate of drug-likeness (QED) is 0.631. The predicted octanol–water partition coefficient (Wildman–Crippen LogP) is 1.18. The lowest BCUT2D eigenvalue weighted by molar-refractivity contribution is -0.122. The van der Waals surface area contributed by atoms with Gasteiger partial charge in [-0.05, 0) is 18.2 Å². The van der Waals surface area contributed by atoms with Gasteiger partial charge in [0.05, 0.1) is 18.0 Å². The highest BCUT2D eigenvalue weighted by Crippen LogP contribution is 2.22. The van der Waals surface area contributed by atoms with Crippen LogP contribution in [0, 0.1) is 11.8 Å². The van der Waals surface area contributed by atoms with Crippen LogP contribution in [0.4, 0.5) is 17.6 Å². The molecule has 1 aromatic carbocycles. The lowest BCUT2D eigenvalue weighted by atomic mass is 10.2. The van der Waals surface area contributed by atoms with Crippen molar-refractivity contribution in [2.24, 2.45) is 5.73 Å². The van der Waals surface area contributed by atoms with E-state index in [9.17, 15) is 26.0 Å². The Labute approximate surface area is 119 Å². The lowest BCUT2D eigenvalue weighted by Crippen LogP contribution is -2.41. The number of hydrogen-bond donors (Lipinski definition) is 2. The molecule has 0 amide bonds. The van der Waals surface area contributed by atoms with Crippen LogP contribution < -0.4 is 10.5 Å². The van der Waals surface area contributed by atoms with Gasteiger partial charge in [0.25, 0.3) is 0 Å². The molecule has 4 nitrogen and oxygen atoms in total. The van der Waals surface area contributed by atoms with Crippen LogP contribution in [0.2, 0.25) is 0 Å². The normalized spacial score (nSPS) is 12.1. The van der Waals surface area contributed by atoms with Crippen molar-refractivity contribution >= 4 is 10.0 Å². The van der Waals surface area contributed by atoms with E-state index in [0.717, 1.165) is 12.1 Å². The molecule has 9 heteroatoms. The number of nitrogens with two attached hydrogens (primary N) is 1. The fraction of sp³-hybridized carbons (Fsp3) is 0.333. The number of alkyl halides is 4. The van der Waals surface area contributed by atoms with Crippen molar-refractivity contribution in [3.05, 3.63) is 29.8 Å². The van der Waals surface area contributed by atoms with Crippen molar-refractivity contribution in [1.29, 1.82) is 0 Å². The fourth-order valence-electron chi connectivity index (χ4n) is 1.25. The maximum atomic E-state index is 12.7. The summed E-state index contributed by atoms with van der Waals surface area (Å²) in [6.45, 7) is -1.62. The second-order valence-corrected chi connectivity index (χ2v) is 5.69. The Morgan fingerprint density at radius 3 is 2.57 bits per heavy atom. The average molecular weight is 324 g/mol. The molecule has 0 atom stereocenters. The van der Waals surface area contributed by atoms with E-state index in [2.05, 4.69) is 11.8 Å². The molecule has 0 saturated heterocycles. The van der Waals surface area contributed by atoms with E-state index in [1.54, 1.807) is 0 Å². The standard InChI is InChI=1S/C12H12F4N2O2S/c13-11(14)12(15,16)8-18-21(19,20)10-5-1-3-9(7-10)4-2-6-17/h1,3,5,7,11,18H,6,8,17H2. The van der Waals surface area contributed by atoms with E-state index >= 15 is 0 Å². The molecule has 0 aliphatic heterocycles. The summed E-state index contributed by atoms with van der Waals surface area (Å²) in [7, 11) is -4.34. The first-order chi connectivity index (χ1) is 9.69. The van der Waals surface area contributed by atoms with Gasteiger partial charge in [0, 0.05) is 5.56 Å². The number of nitrogens with one attached hydrogen (secondary N) is 1. The molecule has 1 rings (SSSR count). The molecule has 116 valence electrons. The molecular weight excluding hydrogens is 312 g/mol. The summed E-state index contributed by atoms with van der Waals surface area (Å²) < 4.78 is 74.4. The first-order valence-electron chi connectivity index (χ1n) is 5.63. The maximum Gasteiger partial charge on any atom is 0.320 e. The van der Waals surface area contributed by atoms with Crippen LogP contribution in [-0.4, -0.2) is 33.9 Å². The average Bonchev–Trinajstić information content (AvgIpc) is 2.43. The van der Waals surface area contributed by atoms with E-state index in [-0.39, 0.29) is 11.4 Å². The van der Waals surface area contributed by atoms with Gasteiger partial charge < -0.3 is 5.73 Å². The van der Waals surface area contributed by atoms with Gasteiger partial charge in [-0.2, -0.15) is 8.78 Å². The van der Waals surface area contributed by atoms with E-state index in [1.165, 1.54) is 16.9 Å². The van der Waals surface area contributed by atoms with Crippen LogP contribution >= 0.6 is 0 Å². The number of halogens is 4. The summed E-state index contributed by atoms with van der Waals surface area (Å²) in [6, 6.07) is 5.11. The highest BCUT2D eigenvalue weighted by atomic mass is 32.2. The van der Waals surface area contributed by atoms with Crippen molar-refractivity contribution in [2.45, 2.75) is 17.2 Å². The van der Waals surface area contributed by atoms with Crippen LogP contribution in [0.1, 0.15) is 5.56 Å². The molecule has 0 aromatic heterocycles. The van der Waals surface area contributed by atoms with E-state index in [4.69, 9.17) is 5.73 Å². The zero-order valence-corrected chi connectivity index (χ0v) is 11.4. The van der Waals surface area contributed by atoms with Gasteiger partial charge in [0.1, 0.15) is 0 Å². The molecule has 0 fully saturated rings. The summed E-state index contributed by atoms with van der Waals surface area (Å²) in [5.74, 6) is 0.629. The van der Waals surface area contributed by atoms with E-state index < -0.39 is 28.9 Å². The molecule has 0 saturated carbocycles. The lowest BCUT2D eigenvalue weighted by Gasteiger charge is -2.15. The Hall–Kier alpha value is -1.63. The highest BCUT2D eigenvalue weighted by Gasteiger charge is 2.41. The molecule has 0 aliphatic rings. The molecule has 0 radical (unpaired) electrons. The molecule has 0 aliphatic carbocycles. The van der Waals surface area contributed by atoms with Gasteiger partial charge in [-0.1, -0.05) is 17.9 Å². The molecule has 3 N–H and O–H groups in total. The smallest absolute Gasteiger partial charge is 0.320 e.